The number of hydrogen-bond acceptors (Lipinski definition) is 5. The summed E-state index contributed by atoms with van der Waals surface area (Å²) in [6.45, 7) is 8.84. The van der Waals surface area contributed by atoms with Crippen molar-refractivity contribution in [3.8, 4) is 0 Å². The molecule has 1 aromatic carbocycles. The van der Waals surface area contributed by atoms with E-state index >= 15 is 0 Å². The minimum absolute atomic E-state index is 0.351. The first-order chi connectivity index (χ1) is 12.7. The van der Waals surface area contributed by atoms with Crippen LogP contribution in [0.3, 0.4) is 0 Å². The van der Waals surface area contributed by atoms with Crippen LogP contribution in [0, 0.1) is 0 Å². The van der Waals surface area contributed by atoms with E-state index in [4.69, 9.17) is 9.15 Å². The maximum absolute atomic E-state index is 11.0. The number of fused-ring (bicyclic) bond motifs is 1. The largest absolute Gasteiger partial charge is 0.463 e. The van der Waals surface area contributed by atoms with Crippen LogP contribution >= 0.6 is 11.8 Å². The van der Waals surface area contributed by atoms with Crippen molar-refractivity contribution in [3.63, 3.8) is 0 Å². The fraction of sp³-hybridized carbons (Fsp3) is 0.400. The summed E-state index contributed by atoms with van der Waals surface area (Å²) in [4.78, 5) is 13.4. The molecule has 1 aromatic heterocycles. The third-order valence-electron chi connectivity index (χ3n) is 4.36. The Morgan fingerprint density at radius 1 is 1.42 bits per heavy atom. The second-order valence-electron chi connectivity index (χ2n) is 6.05. The standard InChI is InChI=1S/C20H25N2O3S/c1-3-20(23)24-13-8-7-11-21-12-14-26-19(21)15-18-22(4-2)16-9-5-6-10-17(16)25-18/h3,5-6,9-10,15H,1,4,7-8,11-14H2,2H3/q+1. The Hall–Kier alpha value is -2.21. The van der Waals surface area contributed by atoms with Gasteiger partial charge in [-0.2, -0.15) is 4.57 Å². The average molecular weight is 373 g/mol. The van der Waals surface area contributed by atoms with E-state index in [0.29, 0.717) is 6.61 Å². The number of nitrogens with zero attached hydrogens (tertiary/aromatic N) is 2. The van der Waals surface area contributed by atoms with Crippen LogP contribution in [0.1, 0.15) is 25.7 Å². The molecule has 26 heavy (non-hydrogen) atoms. The Morgan fingerprint density at radius 3 is 3.08 bits per heavy atom. The Kier molecular flexibility index (Phi) is 6.39. The van der Waals surface area contributed by atoms with Gasteiger partial charge in [0, 0.05) is 31.0 Å². The van der Waals surface area contributed by atoms with E-state index in [1.165, 1.54) is 11.1 Å². The van der Waals surface area contributed by atoms with Gasteiger partial charge < -0.3 is 14.1 Å². The highest BCUT2D eigenvalue weighted by Gasteiger charge is 2.23. The molecule has 0 saturated carbocycles. The van der Waals surface area contributed by atoms with Crippen molar-refractivity contribution in [3.05, 3.63) is 47.8 Å². The third-order valence-corrected chi connectivity index (χ3v) is 5.41. The fourth-order valence-corrected chi connectivity index (χ4v) is 4.12. The SMILES string of the molecule is C=CC(=O)OCCCCN1CCSC1=Cc1oc2ccccc2[n+]1CC. The summed E-state index contributed by atoms with van der Waals surface area (Å²) >= 11 is 1.86. The molecule has 6 heteroatoms. The first-order valence-corrected chi connectivity index (χ1v) is 10.0. The Labute approximate surface area is 158 Å². The van der Waals surface area contributed by atoms with Crippen molar-refractivity contribution in [1.29, 1.82) is 0 Å². The Morgan fingerprint density at radius 2 is 2.27 bits per heavy atom. The molecule has 1 fully saturated rings. The van der Waals surface area contributed by atoms with Crippen molar-refractivity contribution in [2.75, 3.05) is 25.4 Å². The molecule has 2 aromatic rings. The van der Waals surface area contributed by atoms with Gasteiger partial charge in [0.25, 0.3) is 5.52 Å². The molecule has 0 N–H and O–H groups in total. The number of rotatable bonds is 8. The molecule has 1 aliphatic rings. The van der Waals surface area contributed by atoms with Crippen LogP contribution in [-0.4, -0.2) is 36.3 Å². The number of unbranched alkanes of at least 4 members (excludes halogenated alkanes) is 1. The van der Waals surface area contributed by atoms with E-state index < -0.39 is 0 Å². The lowest BCUT2D eigenvalue weighted by Crippen LogP contribution is -2.34. The molecule has 138 valence electrons. The van der Waals surface area contributed by atoms with Crippen LogP contribution in [0.25, 0.3) is 17.2 Å². The predicted octanol–water partition coefficient (Wildman–Crippen LogP) is 3.60. The number of aryl methyl sites for hydroxylation is 1. The van der Waals surface area contributed by atoms with Gasteiger partial charge in [0.2, 0.25) is 5.58 Å². The summed E-state index contributed by atoms with van der Waals surface area (Å²) in [7, 11) is 0. The number of esters is 1. The summed E-state index contributed by atoms with van der Waals surface area (Å²) in [6.07, 6.45) is 5.19. The number of hydrogen-bond donors (Lipinski definition) is 0. The van der Waals surface area contributed by atoms with Crippen LogP contribution in [0.15, 0.2) is 46.4 Å². The fourth-order valence-electron chi connectivity index (χ4n) is 3.05. The van der Waals surface area contributed by atoms with Crippen molar-refractivity contribution in [2.45, 2.75) is 26.3 Å². The van der Waals surface area contributed by atoms with Crippen LogP contribution < -0.4 is 4.57 Å². The van der Waals surface area contributed by atoms with Gasteiger partial charge in [-0.05, 0) is 25.8 Å². The predicted molar refractivity (Wildman–Crippen MR) is 104 cm³/mol. The molecule has 0 amide bonds. The van der Waals surface area contributed by atoms with Crippen LogP contribution in [0.2, 0.25) is 0 Å². The van der Waals surface area contributed by atoms with Crippen LogP contribution in [-0.2, 0) is 16.1 Å². The highest BCUT2D eigenvalue weighted by Crippen LogP contribution is 2.30. The monoisotopic (exact) mass is 373 g/mol. The van der Waals surface area contributed by atoms with Crippen molar-refractivity contribution < 1.29 is 18.5 Å². The second-order valence-corrected chi connectivity index (χ2v) is 7.16. The molecule has 3 rings (SSSR count). The Bertz CT molecular complexity index is 812. The van der Waals surface area contributed by atoms with Crippen LogP contribution in [0.5, 0.6) is 0 Å². The van der Waals surface area contributed by atoms with E-state index in [0.717, 1.165) is 55.2 Å². The number of ether oxygens (including phenoxy) is 1. The molecule has 1 saturated heterocycles. The quantitative estimate of drug-likeness (QED) is 0.306. The zero-order valence-electron chi connectivity index (χ0n) is 15.1. The highest BCUT2D eigenvalue weighted by atomic mass is 32.2. The third kappa shape index (κ3) is 4.30. The number of aromatic nitrogens is 1. The lowest BCUT2D eigenvalue weighted by Gasteiger charge is -2.18. The topological polar surface area (TPSA) is 46.6 Å². The molecule has 0 aliphatic carbocycles. The zero-order chi connectivity index (χ0) is 18.4. The van der Waals surface area contributed by atoms with Crippen molar-refractivity contribution >= 4 is 34.9 Å². The van der Waals surface area contributed by atoms with Gasteiger partial charge in [0.1, 0.15) is 6.54 Å². The van der Waals surface area contributed by atoms with Gasteiger partial charge in [-0.25, -0.2) is 4.79 Å². The van der Waals surface area contributed by atoms with Crippen LogP contribution in [0.4, 0.5) is 0 Å². The molecule has 5 nitrogen and oxygen atoms in total. The average Bonchev–Trinajstić information content (AvgIpc) is 3.25. The van der Waals surface area contributed by atoms with Gasteiger partial charge in [-0.1, -0.05) is 18.7 Å². The first kappa shape index (κ1) is 18.6. The van der Waals surface area contributed by atoms with E-state index in [-0.39, 0.29) is 5.97 Å². The summed E-state index contributed by atoms with van der Waals surface area (Å²) < 4.78 is 13.3. The number of para-hydroxylation sites is 2. The molecule has 1 aliphatic heterocycles. The van der Waals surface area contributed by atoms with Crippen molar-refractivity contribution in [2.24, 2.45) is 0 Å². The molecule has 2 heterocycles. The molecule has 0 spiro atoms. The van der Waals surface area contributed by atoms with E-state index in [9.17, 15) is 4.79 Å². The lowest BCUT2D eigenvalue weighted by molar-refractivity contribution is -0.674. The summed E-state index contributed by atoms with van der Waals surface area (Å²) in [5, 5.41) is 1.24. The number of carbonyl (C=O) groups excluding carboxylic acids is 1. The van der Waals surface area contributed by atoms with Crippen molar-refractivity contribution in [1.82, 2.24) is 4.90 Å². The second kappa shape index (κ2) is 8.94. The van der Waals surface area contributed by atoms with Gasteiger partial charge in [-0.15, -0.1) is 11.8 Å². The number of carbonyl (C=O) groups is 1. The number of thioether (sulfide) groups is 1. The normalized spacial score (nSPS) is 15.7. The van der Waals surface area contributed by atoms with Gasteiger partial charge in [0.05, 0.1) is 17.7 Å². The van der Waals surface area contributed by atoms with Gasteiger partial charge >= 0.3 is 11.9 Å². The number of benzene rings is 1. The maximum Gasteiger partial charge on any atom is 0.376 e. The van der Waals surface area contributed by atoms with E-state index in [1.807, 2.05) is 30.0 Å². The molecule has 0 atom stereocenters. The maximum atomic E-state index is 11.0. The Balaban J connectivity index is 1.64. The smallest absolute Gasteiger partial charge is 0.376 e. The summed E-state index contributed by atoms with van der Waals surface area (Å²) in [5.41, 5.74) is 2.04. The molecule has 0 bridgehead atoms. The molecular formula is C20H25N2O3S+. The highest BCUT2D eigenvalue weighted by molar-refractivity contribution is 8.03. The molecular weight excluding hydrogens is 348 g/mol. The first-order valence-electron chi connectivity index (χ1n) is 9.03. The minimum Gasteiger partial charge on any atom is -0.463 e. The van der Waals surface area contributed by atoms with Gasteiger partial charge in [-0.3, -0.25) is 0 Å². The summed E-state index contributed by atoms with van der Waals surface area (Å²) in [6, 6.07) is 8.14. The summed E-state index contributed by atoms with van der Waals surface area (Å²) in [5.74, 6) is 1.63. The minimum atomic E-state index is -0.351. The lowest BCUT2D eigenvalue weighted by atomic mass is 10.3. The van der Waals surface area contributed by atoms with E-state index in [2.05, 4.69) is 35.1 Å². The van der Waals surface area contributed by atoms with E-state index in [1.54, 1.807) is 0 Å². The van der Waals surface area contributed by atoms with Gasteiger partial charge in [0.15, 0.2) is 0 Å². The molecule has 0 unspecified atom stereocenters. The number of oxazole rings is 1. The molecule has 0 radical (unpaired) electrons. The zero-order valence-corrected chi connectivity index (χ0v) is 16.0.